The number of nitrogens with zero attached hydrogens (tertiary/aromatic N) is 4. The number of rotatable bonds is 9. The summed E-state index contributed by atoms with van der Waals surface area (Å²) in [7, 11) is 8.27. The number of aromatic nitrogens is 4. The van der Waals surface area contributed by atoms with E-state index in [-0.39, 0.29) is 11.7 Å². The zero-order chi connectivity index (χ0) is 88.0. The van der Waals surface area contributed by atoms with Crippen LogP contribution in [0.5, 0.6) is 0 Å². The first kappa shape index (κ1) is 76.9. The van der Waals surface area contributed by atoms with Crippen molar-refractivity contribution in [2.75, 3.05) is 0 Å². The Morgan fingerprint density at radius 3 is 0.929 bits per heavy atom. The molecule has 1 saturated carbocycles. The third kappa shape index (κ3) is 14.6. The summed E-state index contributed by atoms with van der Waals surface area (Å²) < 4.78 is 66.1. The lowest BCUT2D eigenvalue weighted by Crippen LogP contribution is -2.31. The van der Waals surface area contributed by atoms with E-state index in [0.717, 1.165) is 176 Å². The van der Waals surface area contributed by atoms with Crippen molar-refractivity contribution >= 4 is 131 Å². The molecule has 0 amide bonds. The third-order valence-corrected chi connectivity index (χ3v) is 26.2. The van der Waals surface area contributed by atoms with Crippen LogP contribution < -0.4 is 18.3 Å². The molecule has 0 radical (unpaired) electrons. The van der Waals surface area contributed by atoms with Crippen molar-refractivity contribution in [1.82, 2.24) is 0 Å². The minimum atomic E-state index is -1.34. The first-order chi connectivity index (χ1) is 62.8. The highest BCUT2D eigenvalue weighted by atomic mass is 19.1. The zero-order valence-corrected chi connectivity index (χ0v) is 72.8. The molecule has 8 heterocycles. The molecule has 0 unspecified atom stereocenters. The number of fused-ring (bicyclic) bond motifs is 20. The fraction of sp³-hybridized carbons (Fsp3) is 0.136. The molecule has 0 bridgehead atoms. The summed E-state index contributed by atoms with van der Waals surface area (Å²) in [6, 6.07) is 111. The van der Waals surface area contributed by atoms with Crippen LogP contribution in [-0.4, -0.2) is 0 Å². The average molecular weight is 1660 g/mol. The van der Waals surface area contributed by atoms with E-state index in [9.17, 15) is 4.39 Å². The zero-order valence-electron chi connectivity index (χ0n) is 74.8. The summed E-state index contributed by atoms with van der Waals surface area (Å²) in [6.07, 6.45) is 12.4. The minimum absolute atomic E-state index is 0.0799. The Hall–Kier alpha value is -14.9. The molecule has 0 saturated heterocycles. The van der Waals surface area contributed by atoms with Crippen LogP contribution in [0.25, 0.3) is 209 Å². The maximum atomic E-state index is 13.4. The molecule has 0 spiro atoms. The summed E-state index contributed by atoms with van der Waals surface area (Å²) in [4.78, 5) is 0. The number of furan rings is 4. The number of halogens is 1. The van der Waals surface area contributed by atoms with Gasteiger partial charge in [0.25, 0.3) is 0 Å². The molecule has 1 aliphatic carbocycles. The monoisotopic (exact) mass is 1650 g/mol. The van der Waals surface area contributed by atoms with E-state index in [4.69, 9.17) is 20.4 Å². The van der Waals surface area contributed by atoms with Crippen LogP contribution in [0.1, 0.15) is 68.2 Å². The molecule has 24 rings (SSSR count). The maximum absolute atomic E-state index is 13.4. The fourth-order valence-electron chi connectivity index (χ4n) is 19.5. The predicted molar refractivity (Wildman–Crippen MR) is 522 cm³/mol. The Balaban J connectivity index is 0.000000104. The van der Waals surface area contributed by atoms with Gasteiger partial charge in [-0.1, -0.05) is 274 Å². The van der Waals surface area contributed by atoms with Crippen LogP contribution in [0.2, 0.25) is 0 Å². The van der Waals surface area contributed by atoms with Gasteiger partial charge in [0.1, 0.15) is 78.7 Å². The Labute approximate surface area is 740 Å². The number of pyridine rings is 4. The molecular formula is C118H97FN4O4+4. The Morgan fingerprint density at radius 2 is 0.583 bits per heavy atom. The molecule has 1 fully saturated rings. The van der Waals surface area contributed by atoms with Crippen LogP contribution >= 0.6 is 0 Å². The van der Waals surface area contributed by atoms with Gasteiger partial charge >= 0.3 is 0 Å². The first-order valence-corrected chi connectivity index (χ1v) is 44.1. The second-order valence-corrected chi connectivity index (χ2v) is 34.4. The van der Waals surface area contributed by atoms with Crippen molar-refractivity contribution in [3.63, 3.8) is 0 Å². The normalized spacial score (nSPS) is 12.8. The van der Waals surface area contributed by atoms with E-state index < -0.39 is 6.37 Å². The van der Waals surface area contributed by atoms with Gasteiger partial charge in [-0.15, -0.1) is 0 Å². The van der Waals surface area contributed by atoms with Crippen molar-refractivity contribution in [1.29, 1.82) is 0 Å². The minimum Gasteiger partial charge on any atom is -0.455 e. The Morgan fingerprint density at radius 1 is 0.283 bits per heavy atom. The van der Waals surface area contributed by atoms with Gasteiger partial charge < -0.3 is 17.7 Å². The molecule has 0 N–H and O–H groups in total. The number of hydrogen-bond donors (Lipinski definition) is 0. The largest absolute Gasteiger partial charge is 0.455 e. The number of benzene rings is 15. The van der Waals surface area contributed by atoms with E-state index in [1.54, 1.807) is 0 Å². The van der Waals surface area contributed by atoms with Crippen LogP contribution in [-0.2, 0) is 34.6 Å². The number of aryl methyl sites for hydroxylation is 9. The standard InChI is InChI=1S/C30H24NO.C30H30NO.C29H21FNO.C29H22NO/c1-19-8-11-21(12-9-19)23-16-17-31(3)26(18-23)28-20(2)10-14-25-29-24-7-5-4-6-22(24)13-15-27(29)32-30(25)28;1-20-12-14-25-29-24-11-7-6-10-23(24)13-15-27(29)32-30(25)28(20)26-19-22(16-17-31(26)2)18-21-8-4-3-5-9-21;1-18-7-13-24-28-23-6-4-3-5-20(23)10-14-26(28)32-29(24)27(18)25-17-21(15-16-31(25)2)19-8-11-22(30)12-9-19;1-19-12-14-24-28-23-11-7-6-10-21(23)13-15-26(28)31-29(24)27(19)25-18-22(16-17-30(25)2)20-8-4-3-5-9-20/h4-18H,1-3H3;6-7,10-17,19,21H,3-5,8-9,18H2,1-2H3;3-17H,1-2H3;3-18H,1-2H3/q4*+1/i;18D2;;. The second-order valence-electron chi connectivity index (χ2n) is 34.4. The van der Waals surface area contributed by atoms with E-state index in [0.29, 0.717) is 0 Å². The molecule has 8 aromatic heterocycles. The highest BCUT2D eigenvalue weighted by Gasteiger charge is 2.29. The van der Waals surface area contributed by atoms with E-state index in [1.165, 1.54) is 111 Å². The molecule has 9 heteroatoms. The van der Waals surface area contributed by atoms with Gasteiger partial charge in [-0.05, 0) is 188 Å². The first-order valence-electron chi connectivity index (χ1n) is 45.1. The molecule has 127 heavy (non-hydrogen) atoms. The summed E-state index contributed by atoms with van der Waals surface area (Å²) in [6.45, 7) is 10.7. The van der Waals surface area contributed by atoms with E-state index >= 15 is 0 Å². The summed E-state index contributed by atoms with van der Waals surface area (Å²) in [5, 5.41) is 19.0. The smallest absolute Gasteiger partial charge is 0.216 e. The van der Waals surface area contributed by atoms with Crippen LogP contribution in [0, 0.1) is 46.4 Å². The number of hydrogen-bond acceptors (Lipinski definition) is 4. The SMILES string of the molecule is Cc1ccc(-c2cc[n+](C)c(-c3c(C)ccc4c3oc3ccc5ccccc5c34)c2)cc1.Cc1ccc2c(oc3ccc4ccccc4c32)c1-c1cc(-c2ccc(F)cc2)cc[n+]1C.Cc1ccc2c(oc3ccc4ccccc4c32)c1-c1cc(-c2ccccc2)cc[n+]1C.[2H]C([2H])(c1cc[n+](C)c(-c2c(C)ccc3c2oc2ccc4ccccc4c23)c1)C1CCCCC1. The quantitative estimate of drug-likeness (QED) is 0.135. The maximum Gasteiger partial charge on any atom is 0.216 e. The summed E-state index contributed by atoms with van der Waals surface area (Å²) >= 11 is 0. The average Bonchev–Trinajstić information content (AvgIpc) is 1.61. The molecule has 1 aliphatic rings. The van der Waals surface area contributed by atoms with Gasteiger partial charge in [-0.3, -0.25) is 0 Å². The second kappa shape index (κ2) is 33.0. The molecule has 23 aromatic rings. The molecule has 0 aliphatic heterocycles. The van der Waals surface area contributed by atoms with Crippen molar-refractivity contribution in [3.8, 4) is 78.4 Å². The van der Waals surface area contributed by atoms with Crippen LogP contribution in [0.3, 0.4) is 0 Å². The van der Waals surface area contributed by atoms with Crippen molar-refractivity contribution in [2.45, 2.75) is 73.1 Å². The van der Waals surface area contributed by atoms with E-state index in [2.05, 4.69) is 371 Å². The highest BCUT2D eigenvalue weighted by Crippen LogP contribution is 2.47. The molecule has 0 atom stereocenters. The Bertz CT molecular complexity index is 8130. The molecule has 8 nitrogen and oxygen atoms in total. The summed E-state index contributed by atoms with van der Waals surface area (Å²) in [5.74, 6) is -0.151. The van der Waals surface area contributed by atoms with Gasteiger partial charge in [0.2, 0.25) is 22.8 Å². The van der Waals surface area contributed by atoms with Gasteiger partial charge in [0.15, 0.2) is 24.8 Å². The lowest BCUT2D eigenvalue weighted by molar-refractivity contribution is -0.660. The van der Waals surface area contributed by atoms with Crippen molar-refractivity contribution < 1.29 is 43.1 Å². The lowest BCUT2D eigenvalue weighted by Gasteiger charge is -2.21. The molecule has 616 valence electrons. The Kier molecular flexibility index (Phi) is 20.0. The van der Waals surface area contributed by atoms with Crippen molar-refractivity contribution in [2.24, 2.45) is 34.1 Å². The van der Waals surface area contributed by atoms with Gasteiger partial charge in [0, 0.05) is 94.4 Å². The fourth-order valence-corrected chi connectivity index (χ4v) is 19.5. The predicted octanol–water partition coefficient (Wildman–Crippen LogP) is 29.7. The van der Waals surface area contributed by atoms with Gasteiger partial charge in [-0.25, -0.2) is 22.7 Å². The highest BCUT2D eigenvalue weighted by molar-refractivity contribution is 6.24. The van der Waals surface area contributed by atoms with E-state index in [1.807, 2.05) is 44.7 Å². The summed E-state index contributed by atoms with van der Waals surface area (Å²) in [5.41, 5.74) is 29.7. The van der Waals surface area contributed by atoms with Crippen LogP contribution in [0.4, 0.5) is 4.39 Å². The third-order valence-electron chi connectivity index (χ3n) is 26.2. The molecule has 15 aromatic carbocycles. The van der Waals surface area contributed by atoms with Gasteiger partial charge in [-0.2, -0.15) is 0 Å². The van der Waals surface area contributed by atoms with Crippen LogP contribution in [0.15, 0.2) is 364 Å². The van der Waals surface area contributed by atoms with Gasteiger partial charge in [0.05, 0.1) is 22.3 Å². The molecular weight excluding hydrogens is 1560 g/mol. The lowest BCUT2D eigenvalue weighted by atomic mass is 9.85. The van der Waals surface area contributed by atoms with Crippen molar-refractivity contribution in [3.05, 3.63) is 386 Å². The topological polar surface area (TPSA) is 68.1 Å².